The summed E-state index contributed by atoms with van der Waals surface area (Å²) in [5.74, 6) is 0.692. The molecule has 0 bridgehead atoms. The van der Waals surface area contributed by atoms with Crippen molar-refractivity contribution in [2.24, 2.45) is 0 Å². The number of halogens is 4. The van der Waals surface area contributed by atoms with Crippen molar-refractivity contribution in [3.8, 4) is 11.5 Å². The minimum Gasteiger partial charge on any atom is -0.493 e. The van der Waals surface area contributed by atoms with E-state index in [4.69, 9.17) is 9.47 Å². The molecular formula is C11H12BrF3O2. The second-order valence-corrected chi connectivity index (χ2v) is 4.38. The highest BCUT2D eigenvalue weighted by Crippen LogP contribution is 2.43. The predicted molar refractivity (Wildman–Crippen MR) is 62.0 cm³/mol. The van der Waals surface area contributed by atoms with Crippen LogP contribution in [-0.4, -0.2) is 20.4 Å². The van der Waals surface area contributed by atoms with Gasteiger partial charge in [0.15, 0.2) is 11.5 Å². The van der Waals surface area contributed by atoms with E-state index < -0.39 is 11.0 Å². The summed E-state index contributed by atoms with van der Waals surface area (Å²) in [5.41, 5.74) is 0.608. The molecule has 0 aromatic heterocycles. The third kappa shape index (κ3) is 3.06. The first-order chi connectivity index (χ1) is 7.81. The van der Waals surface area contributed by atoms with Crippen LogP contribution in [0.2, 0.25) is 0 Å². The molecular weight excluding hydrogens is 301 g/mol. The van der Waals surface area contributed by atoms with Gasteiger partial charge in [-0.05, 0) is 30.2 Å². The van der Waals surface area contributed by atoms with Gasteiger partial charge in [-0.3, -0.25) is 0 Å². The third-order valence-corrected chi connectivity index (χ3v) is 3.35. The van der Waals surface area contributed by atoms with E-state index in [0.29, 0.717) is 11.3 Å². The summed E-state index contributed by atoms with van der Waals surface area (Å²) < 4.78 is 47.8. The van der Waals surface area contributed by atoms with Gasteiger partial charge >= 0.3 is 6.18 Å². The van der Waals surface area contributed by atoms with E-state index in [1.807, 2.05) is 0 Å². The van der Waals surface area contributed by atoms with Crippen LogP contribution >= 0.6 is 15.9 Å². The number of benzene rings is 1. The third-order valence-electron chi connectivity index (χ3n) is 2.33. The summed E-state index contributed by atoms with van der Waals surface area (Å²) in [6.07, 6.45) is -4.34. The number of methoxy groups -OCH3 is 2. The number of rotatable bonds is 3. The molecule has 0 fully saturated rings. The molecule has 0 heterocycles. The Hall–Kier alpha value is -0.910. The zero-order chi connectivity index (χ0) is 13.2. The molecule has 0 aliphatic rings. The Balaban J connectivity index is 3.26. The fourth-order valence-corrected chi connectivity index (χ4v) is 1.94. The van der Waals surface area contributed by atoms with Crippen molar-refractivity contribution in [3.05, 3.63) is 23.3 Å². The van der Waals surface area contributed by atoms with Gasteiger partial charge in [-0.2, -0.15) is 13.2 Å². The zero-order valence-electron chi connectivity index (χ0n) is 9.56. The Morgan fingerprint density at radius 3 is 2.00 bits per heavy atom. The van der Waals surface area contributed by atoms with E-state index in [1.54, 1.807) is 6.92 Å². The summed E-state index contributed by atoms with van der Waals surface area (Å²) in [5, 5.41) is 0. The standard InChI is InChI=1S/C11H12BrF3O2/c1-6-4-8(16-2)9(17-3)5-7(6)10(12)11(13,14)15/h4-5,10H,1-3H3. The quantitative estimate of drug-likeness (QED) is 0.785. The maximum atomic E-state index is 12.6. The van der Waals surface area contributed by atoms with Crippen molar-refractivity contribution < 1.29 is 22.6 Å². The molecule has 0 spiro atoms. The summed E-state index contributed by atoms with van der Waals surface area (Å²) in [6.45, 7) is 1.59. The van der Waals surface area contributed by atoms with Crippen LogP contribution in [0.15, 0.2) is 12.1 Å². The number of ether oxygens (including phenoxy) is 2. The largest absolute Gasteiger partial charge is 0.493 e. The Bertz CT molecular complexity index is 404. The second kappa shape index (κ2) is 5.16. The molecule has 96 valence electrons. The number of hydrogen-bond donors (Lipinski definition) is 0. The molecule has 0 saturated heterocycles. The van der Waals surface area contributed by atoms with Crippen molar-refractivity contribution in [1.82, 2.24) is 0 Å². The van der Waals surface area contributed by atoms with Gasteiger partial charge in [-0.15, -0.1) is 0 Å². The molecule has 1 aromatic rings. The maximum Gasteiger partial charge on any atom is 0.405 e. The minimum atomic E-state index is -4.34. The Labute approximate surface area is 106 Å². The highest BCUT2D eigenvalue weighted by atomic mass is 79.9. The van der Waals surface area contributed by atoms with Crippen LogP contribution in [0.4, 0.5) is 13.2 Å². The SMILES string of the molecule is COc1cc(C)c(C(Br)C(F)(F)F)cc1OC. The molecule has 1 atom stereocenters. The molecule has 0 aliphatic carbocycles. The molecule has 0 saturated carbocycles. The summed E-state index contributed by atoms with van der Waals surface area (Å²) in [6, 6.07) is 2.86. The lowest BCUT2D eigenvalue weighted by molar-refractivity contribution is -0.128. The van der Waals surface area contributed by atoms with Crippen LogP contribution in [0.3, 0.4) is 0 Å². The minimum absolute atomic E-state index is 0.121. The molecule has 17 heavy (non-hydrogen) atoms. The van der Waals surface area contributed by atoms with Gasteiger partial charge in [0.2, 0.25) is 0 Å². The average molecular weight is 313 g/mol. The lowest BCUT2D eigenvalue weighted by Crippen LogP contribution is -2.16. The van der Waals surface area contributed by atoms with Gasteiger partial charge < -0.3 is 9.47 Å². The number of aryl methyl sites for hydroxylation is 1. The van der Waals surface area contributed by atoms with Crippen LogP contribution in [0.5, 0.6) is 11.5 Å². The molecule has 0 N–H and O–H groups in total. The van der Waals surface area contributed by atoms with Gasteiger partial charge in [0.25, 0.3) is 0 Å². The molecule has 1 rings (SSSR count). The smallest absolute Gasteiger partial charge is 0.405 e. The maximum absolute atomic E-state index is 12.6. The fraction of sp³-hybridized carbons (Fsp3) is 0.455. The first-order valence-corrected chi connectivity index (χ1v) is 5.66. The topological polar surface area (TPSA) is 18.5 Å². The fourth-order valence-electron chi connectivity index (χ4n) is 1.45. The first kappa shape index (κ1) is 14.2. The molecule has 0 aliphatic heterocycles. The summed E-state index contributed by atoms with van der Waals surface area (Å²) >= 11 is 2.65. The second-order valence-electron chi connectivity index (χ2n) is 3.47. The van der Waals surface area contributed by atoms with E-state index in [2.05, 4.69) is 15.9 Å². The van der Waals surface area contributed by atoms with Gasteiger partial charge in [-0.1, -0.05) is 15.9 Å². The van der Waals surface area contributed by atoms with Crippen molar-refractivity contribution in [2.45, 2.75) is 17.9 Å². The summed E-state index contributed by atoms with van der Waals surface area (Å²) in [7, 11) is 2.82. The zero-order valence-corrected chi connectivity index (χ0v) is 11.1. The molecule has 2 nitrogen and oxygen atoms in total. The van der Waals surface area contributed by atoms with E-state index in [0.717, 1.165) is 0 Å². The van der Waals surface area contributed by atoms with Gasteiger partial charge in [0.1, 0.15) is 4.83 Å². The lowest BCUT2D eigenvalue weighted by atomic mass is 10.0. The predicted octanol–water partition coefficient (Wildman–Crippen LogP) is 4.01. The van der Waals surface area contributed by atoms with Crippen LogP contribution in [0, 0.1) is 6.92 Å². The number of alkyl halides is 4. The van der Waals surface area contributed by atoms with Crippen LogP contribution in [0.25, 0.3) is 0 Å². The Morgan fingerprint density at radius 1 is 1.12 bits per heavy atom. The van der Waals surface area contributed by atoms with E-state index in [1.165, 1.54) is 26.4 Å². The number of hydrogen-bond acceptors (Lipinski definition) is 2. The van der Waals surface area contributed by atoms with E-state index in [-0.39, 0.29) is 11.3 Å². The molecule has 6 heteroatoms. The van der Waals surface area contributed by atoms with Gasteiger partial charge in [0.05, 0.1) is 14.2 Å². The lowest BCUT2D eigenvalue weighted by Gasteiger charge is -2.18. The highest BCUT2D eigenvalue weighted by Gasteiger charge is 2.40. The Kier molecular flexibility index (Phi) is 4.30. The highest BCUT2D eigenvalue weighted by molar-refractivity contribution is 9.09. The monoisotopic (exact) mass is 312 g/mol. The molecule has 1 aromatic carbocycles. The van der Waals surface area contributed by atoms with Gasteiger partial charge in [0, 0.05) is 0 Å². The summed E-state index contributed by atoms with van der Waals surface area (Å²) in [4.78, 5) is -1.71. The molecule has 1 unspecified atom stereocenters. The van der Waals surface area contributed by atoms with Crippen LogP contribution in [-0.2, 0) is 0 Å². The van der Waals surface area contributed by atoms with Gasteiger partial charge in [-0.25, -0.2) is 0 Å². The van der Waals surface area contributed by atoms with Crippen molar-refractivity contribution in [2.75, 3.05) is 14.2 Å². The van der Waals surface area contributed by atoms with Crippen molar-refractivity contribution >= 4 is 15.9 Å². The van der Waals surface area contributed by atoms with Crippen molar-refractivity contribution in [1.29, 1.82) is 0 Å². The van der Waals surface area contributed by atoms with E-state index in [9.17, 15) is 13.2 Å². The van der Waals surface area contributed by atoms with Crippen LogP contribution in [0.1, 0.15) is 16.0 Å². The van der Waals surface area contributed by atoms with Crippen molar-refractivity contribution in [3.63, 3.8) is 0 Å². The normalized spacial score (nSPS) is 13.4. The van der Waals surface area contributed by atoms with Crippen LogP contribution < -0.4 is 9.47 Å². The molecule has 0 amide bonds. The Morgan fingerprint density at radius 2 is 1.59 bits per heavy atom. The van der Waals surface area contributed by atoms with E-state index >= 15 is 0 Å². The molecule has 0 radical (unpaired) electrons. The first-order valence-electron chi connectivity index (χ1n) is 4.74. The average Bonchev–Trinajstić information content (AvgIpc) is 2.26.